The summed E-state index contributed by atoms with van der Waals surface area (Å²) in [5, 5.41) is 2.71. The van der Waals surface area contributed by atoms with Gasteiger partial charge in [0.25, 0.3) is 0 Å². The maximum Gasteiger partial charge on any atom is 0.220 e. The van der Waals surface area contributed by atoms with E-state index < -0.39 is 0 Å². The molecule has 0 aromatic heterocycles. The molecular formula is C11H17NO. The lowest BCUT2D eigenvalue weighted by atomic mass is 9.82. The molecule has 2 heteroatoms. The van der Waals surface area contributed by atoms with E-state index >= 15 is 0 Å². The number of allylic oxidation sites excluding steroid dienone is 2. The van der Waals surface area contributed by atoms with Gasteiger partial charge >= 0.3 is 0 Å². The van der Waals surface area contributed by atoms with Gasteiger partial charge in [-0.3, -0.25) is 4.79 Å². The SMILES string of the molecule is CNC(=O)CC1C2C=CC(C2)C1C. The first-order valence-electron chi connectivity index (χ1n) is 5.11. The molecule has 72 valence electrons. The molecule has 13 heavy (non-hydrogen) atoms. The highest BCUT2D eigenvalue weighted by molar-refractivity contribution is 5.76. The van der Waals surface area contributed by atoms with Crippen molar-refractivity contribution in [3.05, 3.63) is 12.2 Å². The largest absolute Gasteiger partial charge is 0.359 e. The molecule has 0 aromatic carbocycles. The lowest BCUT2D eigenvalue weighted by molar-refractivity contribution is -0.122. The molecular weight excluding hydrogens is 162 g/mol. The van der Waals surface area contributed by atoms with Gasteiger partial charge in [-0.15, -0.1) is 0 Å². The van der Waals surface area contributed by atoms with Crippen LogP contribution in [0.5, 0.6) is 0 Å². The van der Waals surface area contributed by atoms with Crippen molar-refractivity contribution in [2.45, 2.75) is 19.8 Å². The molecule has 2 aliphatic rings. The van der Waals surface area contributed by atoms with Crippen molar-refractivity contribution in [3.8, 4) is 0 Å². The number of nitrogens with one attached hydrogen (secondary N) is 1. The maximum atomic E-state index is 11.3. The molecule has 1 saturated carbocycles. The molecule has 1 fully saturated rings. The molecule has 0 saturated heterocycles. The van der Waals surface area contributed by atoms with E-state index in [0.29, 0.717) is 24.2 Å². The van der Waals surface area contributed by atoms with Crippen LogP contribution in [0.25, 0.3) is 0 Å². The summed E-state index contributed by atoms with van der Waals surface area (Å²) in [6.07, 6.45) is 6.62. The summed E-state index contributed by atoms with van der Waals surface area (Å²) in [4.78, 5) is 11.3. The van der Waals surface area contributed by atoms with E-state index in [-0.39, 0.29) is 5.91 Å². The molecule has 4 atom stereocenters. The zero-order chi connectivity index (χ0) is 9.42. The van der Waals surface area contributed by atoms with Crippen molar-refractivity contribution in [3.63, 3.8) is 0 Å². The summed E-state index contributed by atoms with van der Waals surface area (Å²) >= 11 is 0. The van der Waals surface area contributed by atoms with Gasteiger partial charge in [0.15, 0.2) is 0 Å². The number of hydrogen-bond donors (Lipinski definition) is 1. The normalized spacial score (nSPS) is 41.1. The second-order valence-electron chi connectivity index (χ2n) is 4.35. The smallest absolute Gasteiger partial charge is 0.220 e. The minimum absolute atomic E-state index is 0.192. The van der Waals surface area contributed by atoms with Gasteiger partial charge in [0.05, 0.1) is 0 Å². The van der Waals surface area contributed by atoms with Gasteiger partial charge in [-0.2, -0.15) is 0 Å². The molecule has 1 N–H and O–H groups in total. The Bertz CT molecular complexity index is 246. The van der Waals surface area contributed by atoms with Crippen LogP contribution in [0.2, 0.25) is 0 Å². The number of fused-ring (bicyclic) bond motifs is 2. The fraction of sp³-hybridized carbons (Fsp3) is 0.727. The number of carbonyl (C=O) groups excluding carboxylic acids is 1. The molecule has 1 amide bonds. The van der Waals surface area contributed by atoms with Crippen LogP contribution < -0.4 is 5.32 Å². The third-order valence-corrected chi connectivity index (χ3v) is 3.75. The highest BCUT2D eigenvalue weighted by atomic mass is 16.1. The predicted octanol–water partition coefficient (Wildman–Crippen LogP) is 1.58. The fourth-order valence-corrected chi connectivity index (χ4v) is 2.83. The second-order valence-corrected chi connectivity index (χ2v) is 4.35. The topological polar surface area (TPSA) is 29.1 Å². The fourth-order valence-electron chi connectivity index (χ4n) is 2.83. The highest BCUT2D eigenvalue weighted by Gasteiger charge is 2.42. The van der Waals surface area contributed by atoms with Gasteiger partial charge < -0.3 is 5.32 Å². The van der Waals surface area contributed by atoms with Gasteiger partial charge in [-0.1, -0.05) is 19.1 Å². The zero-order valence-electron chi connectivity index (χ0n) is 8.29. The Morgan fingerprint density at radius 3 is 2.69 bits per heavy atom. The second kappa shape index (κ2) is 3.17. The van der Waals surface area contributed by atoms with Crippen LogP contribution in [0.4, 0.5) is 0 Å². The van der Waals surface area contributed by atoms with E-state index in [4.69, 9.17) is 0 Å². The van der Waals surface area contributed by atoms with Crippen molar-refractivity contribution in [1.29, 1.82) is 0 Å². The Morgan fingerprint density at radius 1 is 1.46 bits per heavy atom. The van der Waals surface area contributed by atoms with Crippen LogP contribution in [-0.4, -0.2) is 13.0 Å². The van der Waals surface area contributed by atoms with Crippen molar-refractivity contribution in [1.82, 2.24) is 5.32 Å². The molecule has 0 spiro atoms. The summed E-state index contributed by atoms with van der Waals surface area (Å²) in [6.45, 7) is 2.28. The van der Waals surface area contributed by atoms with Crippen LogP contribution >= 0.6 is 0 Å². The zero-order valence-corrected chi connectivity index (χ0v) is 8.29. The minimum atomic E-state index is 0.192. The van der Waals surface area contributed by atoms with Gasteiger partial charge in [-0.25, -0.2) is 0 Å². The standard InChI is InChI=1S/C11H17NO/c1-7-8-3-4-9(5-8)10(7)6-11(13)12-2/h3-4,7-10H,5-6H2,1-2H3,(H,12,13). The first-order valence-corrected chi connectivity index (χ1v) is 5.11. The average molecular weight is 179 g/mol. The van der Waals surface area contributed by atoms with E-state index in [2.05, 4.69) is 24.4 Å². The minimum Gasteiger partial charge on any atom is -0.359 e. The van der Waals surface area contributed by atoms with E-state index in [9.17, 15) is 4.79 Å². The molecule has 2 bridgehead atoms. The van der Waals surface area contributed by atoms with Gasteiger partial charge in [0, 0.05) is 13.5 Å². The molecule has 4 unspecified atom stereocenters. The average Bonchev–Trinajstić information content (AvgIpc) is 2.69. The lowest BCUT2D eigenvalue weighted by Gasteiger charge is -2.23. The Balaban J connectivity index is 2.01. The van der Waals surface area contributed by atoms with Crippen LogP contribution in [0.1, 0.15) is 19.8 Å². The number of amides is 1. The first kappa shape index (κ1) is 8.79. The van der Waals surface area contributed by atoms with E-state index in [0.717, 1.165) is 5.92 Å². The third-order valence-electron chi connectivity index (χ3n) is 3.75. The number of hydrogen-bond acceptors (Lipinski definition) is 1. The Labute approximate surface area is 79.4 Å². The van der Waals surface area contributed by atoms with Crippen LogP contribution in [-0.2, 0) is 4.79 Å². The molecule has 2 nitrogen and oxygen atoms in total. The van der Waals surface area contributed by atoms with E-state index in [1.807, 2.05) is 0 Å². The quantitative estimate of drug-likeness (QED) is 0.641. The van der Waals surface area contributed by atoms with Gasteiger partial charge in [0.2, 0.25) is 5.91 Å². The van der Waals surface area contributed by atoms with Crippen molar-refractivity contribution in [2.24, 2.45) is 23.7 Å². The Hall–Kier alpha value is -0.790. The van der Waals surface area contributed by atoms with E-state index in [1.165, 1.54) is 6.42 Å². The van der Waals surface area contributed by atoms with Crippen LogP contribution in [0.3, 0.4) is 0 Å². The lowest BCUT2D eigenvalue weighted by Crippen LogP contribution is -2.26. The summed E-state index contributed by atoms with van der Waals surface area (Å²) in [7, 11) is 1.72. The van der Waals surface area contributed by atoms with Gasteiger partial charge in [-0.05, 0) is 30.1 Å². The summed E-state index contributed by atoms with van der Waals surface area (Å²) in [5.41, 5.74) is 0. The summed E-state index contributed by atoms with van der Waals surface area (Å²) in [5.74, 6) is 2.91. The number of rotatable bonds is 2. The van der Waals surface area contributed by atoms with Crippen LogP contribution in [0, 0.1) is 23.7 Å². The van der Waals surface area contributed by atoms with Crippen molar-refractivity contribution >= 4 is 5.91 Å². The highest BCUT2D eigenvalue weighted by Crippen LogP contribution is 2.48. The number of carbonyl (C=O) groups is 1. The molecule has 2 aliphatic carbocycles. The van der Waals surface area contributed by atoms with Crippen molar-refractivity contribution < 1.29 is 4.79 Å². The summed E-state index contributed by atoms with van der Waals surface area (Å²) < 4.78 is 0. The molecule has 0 aromatic rings. The Kier molecular flexibility index (Phi) is 2.14. The molecule has 2 rings (SSSR count). The Morgan fingerprint density at radius 2 is 2.15 bits per heavy atom. The molecule has 0 radical (unpaired) electrons. The first-order chi connectivity index (χ1) is 6.22. The van der Waals surface area contributed by atoms with Crippen LogP contribution in [0.15, 0.2) is 12.2 Å². The monoisotopic (exact) mass is 179 g/mol. The maximum absolute atomic E-state index is 11.3. The van der Waals surface area contributed by atoms with E-state index in [1.54, 1.807) is 7.05 Å². The summed E-state index contributed by atoms with van der Waals surface area (Å²) in [6, 6.07) is 0. The third kappa shape index (κ3) is 1.38. The van der Waals surface area contributed by atoms with Crippen molar-refractivity contribution in [2.75, 3.05) is 7.05 Å². The molecule has 0 heterocycles. The predicted molar refractivity (Wildman–Crippen MR) is 52.1 cm³/mol. The van der Waals surface area contributed by atoms with Gasteiger partial charge in [0.1, 0.15) is 0 Å². The molecule has 0 aliphatic heterocycles.